The van der Waals surface area contributed by atoms with Gasteiger partial charge in [0.1, 0.15) is 12.7 Å². The van der Waals surface area contributed by atoms with Crippen LogP contribution in [0.4, 0.5) is 0 Å². The monoisotopic (exact) mass is 303 g/mol. The van der Waals surface area contributed by atoms with Crippen LogP contribution in [0.5, 0.6) is 5.75 Å². The van der Waals surface area contributed by atoms with Gasteiger partial charge in [0.2, 0.25) is 0 Å². The Balaban J connectivity index is 1.76. The zero-order valence-corrected chi connectivity index (χ0v) is 12.6. The van der Waals surface area contributed by atoms with Crippen molar-refractivity contribution in [2.75, 3.05) is 13.2 Å². The number of aliphatic hydroxyl groups is 1. The van der Waals surface area contributed by atoms with Gasteiger partial charge in [0.05, 0.1) is 10.0 Å². The van der Waals surface area contributed by atoms with Crippen LogP contribution in [0, 0.1) is 5.41 Å². The van der Waals surface area contributed by atoms with Crippen LogP contribution in [0.25, 0.3) is 0 Å². The third kappa shape index (κ3) is 3.99. The molecule has 5 heteroatoms. The quantitative estimate of drug-likeness (QED) is 0.848. The zero-order valence-electron chi connectivity index (χ0n) is 11.1. The summed E-state index contributed by atoms with van der Waals surface area (Å²) in [5, 5.41) is 14.1. The highest BCUT2D eigenvalue weighted by Gasteiger charge is 2.45. The molecule has 106 valence electrons. The van der Waals surface area contributed by atoms with Crippen molar-refractivity contribution >= 4 is 23.2 Å². The third-order valence-corrected chi connectivity index (χ3v) is 4.05. The highest BCUT2D eigenvalue weighted by Crippen LogP contribution is 2.44. The van der Waals surface area contributed by atoms with Gasteiger partial charge in [0.15, 0.2) is 5.75 Å². The van der Waals surface area contributed by atoms with Crippen LogP contribution >= 0.6 is 23.2 Å². The maximum absolute atomic E-state index is 9.87. The van der Waals surface area contributed by atoms with Crippen LogP contribution in [0.1, 0.15) is 20.3 Å². The fourth-order valence-electron chi connectivity index (χ4n) is 1.95. The Morgan fingerprint density at radius 3 is 2.53 bits per heavy atom. The van der Waals surface area contributed by atoms with Crippen LogP contribution in [-0.2, 0) is 0 Å². The average molecular weight is 304 g/mol. The summed E-state index contributed by atoms with van der Waals surface area (Å²) in [6, 6.07) is 5.66. The van der Waals surface area contributed by atoms with E-state index in [1.54, 1.807) is 18.2 Å². The molecule has 0 amide bonds. The second-order valence-electron chi connectivity index (χ2n) is 5.67. The van der Waals surface area contributed by atoms with Crippen LogP contribution in [-0.4, -0.2) is 30.4 Å². The molecule has 0 heterocycles. The maximum atomic E-state index is 9.87. The molecule has 3 nitrogen and oxygen atoms in total. The number of rotatable bonds is 6. The molecule has 0 radical (unpaired) electrons. The number of aliphatic hydroxyl groups excluding tert-OH is 1. The van der Waals surface area contributed by atoms with Crippen LogP contribution < -0.4 is 10.1 Å². The van der Waals surface area contributed by atoms with Gasteiger partial charge >= 0.3 is 0 Å². The minimum absolute atomic E-state index is 0.170. The summed E-state index contributed by atoms with van der Waals surface area (Å²) >= 11 is 12.0. The van der Waals surface area contributed by atoms with E-state index in [2.05, 4.69) is 19.2 Å². The molecule has 1 aliphatic rings. The molecule has 2 atom stereocenters. The first-order valence-electron chi connectivity index (χ1n) is 6.38. The summed E-state index contributed by atoms with van der Waals surface area (Å²) in [6.45, 7) is 5.09. The van der Waals surface area contributed by atoms with Crippen LogP contribution in [0.2, 0.25) is 10.0 Å². The normalized spacial score (nSPS) is 22.1. The van der Waals surface area contributed by atoms with Gasteiger partial charge in [-0.15, -0.1) is 0 Å². The van der Waals surface area contributed by atoms with E-state index in [1.165, 1.54) is 0 Å². The topological polar surface area (TPSA) is 41.5 Å². The first kappa shape index (κ1) is 14.9. The Morgan fingerprint density at radius 1 is 1.42 bits per heavy atom. The summed E-state index contributed by atoms with van der Waals surface area (Å²) in [5.74, 6) is 0.427. The Bertz CT molecular complexity index is 431. The van der Waals surface area contributed by atoms with Crippen molar-refractivity contribution < 1.29 is 9.84 Å². The van der Waals surface area contributed by atoms with Crippen LogP contribution in [0.15, 0.2) is 18.2 Å². The standard InChI is InChI=1S/C14H19Cl2NO2/c1-14(2)6-12(14)17-7-9(18)8-19-13-10(15)4-3-5-11(13)16/h3-5,9,12,17-18H,6-8H2,1-2H3. The number of nitrogens with one attached hydrogen (secondary N) is 1. The molecule has 1 aromatic rings. The Kier molecular flexibility index (Phi) is 4.62. The lowest BCUT2D eigenvalue weighted by Crippen LogP contribution is -2.34. The number of hydrogen-bond donors (Lipinski definition) is 2. The lowest BCUT2D eigenvalue weighted by atomic mass is 10.2. The smallest absolute Gasteiger partial charge is 0.156 e. The largest absolute Gasteiger partial charge is 0.488 e. The lowest BCUT2D eigenvalue weighted by molar-refractivity contribution is 0.105. The van der Waals surface area contributed by atoms with E-state index in [-0.39, 0.29) is 6.61 Å². The summed E-state index contributed by atoms with van der Waals surface area (Å²) in [7, 11) is 0. The molecule has 2 rings (SSSR count). The van der Waals surface area contributed by atoms with E-state index in [1.807, 2.05) is 0 Å². The third-order valence-electron chi connectivity index (χ3n) is 3.45. The molecular weight excluding hydrogens is 285 g/mol. The summed E-state index contributed by atoms with van der Waals surface area (Å²) in [5.41, 5.74) is 0.354. The highest BCUT2D eigenvalue weighted by molar-refractivity contribution is 6.37. The molecule has 0 aromatic heterocycles. The predicted octanol–water partition coefficient (Wildman–Crippen LogP) is 3.12. The Morgan fingerprint density at radius 2 is 2.00 bits per heavy atom. The lowest BCUT2D eigenvalue weighted by Gasteiger charge is -2.15. The summed E-state index contributed by atoms with van der Waals surface area (Å²) in [4.78, 5) is 0. The molecule has 1 aromatic carbocycles. The number of ether oxygens (including phenoxy) is 1. The summed E-state index contributed by atoms with van der Waals surface area (Å²) in [6.07, 6.45) is 0.570. The maximum Gasteiger partial charge on any atom is 0.156 e. The van der Waals surface area contributed by atoms with Gasteiger partial charge in [0.25, 0.3) is 0 Å². The second-order valence-corrected chi connectivity index (χ2v) is 6.48. The van der Waals surface area contributed by atoms with Crippen molar-refractivity contribution in [3.63, 3.8) is 0 Å². The first-order valence-corrected chi connectivity index (χ1v) is 7.14. The highest BCUT2D eigenvalue weighted by atomic mass is 35.5. The van der Waals surface area contributed by atoms with Crippen LogP contribution in [0.3, 0.4) is 0 Å². The number of hydrogen-bond acceptors (Lipinski definition) is 3. The van der Waals surface area contributed by atoms with Gasteiger partial charge in [-0.3, -0.25) is 0 Å². The first-order chi connectivity index (χ1) is 8.90. The van der Waals surface area contributed by atoms with E-state index in [0.29, 0.717) is 33.8 Å². The molecule has 1 aliphatic carbocycles. The molecule has 0 saturated heterocycles. The van der Waals surface area contributed by atoms with Gasteiger partial charge in [-0.05, 0) is 24.0 Å². The molecule has 0 spiro atoms. The van der Waals surface area contributed by atoms with Crippen molar-refractivity contribution in [2.24, 2.45) is 5.41 Å². The number of halogens is 2. The zero-order chi connectivity index (χ0) is 14.0. The molecule has 1 fully saturated rings. The fraction of sp³-hybridized carbons (Fsp3) is 0.571. The Hall–Kier alpha value is -0.480. The number of para-hydroxylation sites is 1. The van der Waals surface area contributed by atoms with Gasteiger partial charge in [-0.1, -0.05) is 43.1 Å². The molecule has 2 N–H and O–H groups in total. The minimum atomic E-state index is -0.580. The molecule has 0 aliphatic heterocycles. The molecule has 0 bridgehead atoms. The SMILES string of the molecule is CC1(C)CC1NCC(O)COc1c(Cl)cccc1Cl. The van der Waals surface area contributed by atoms with E-state index < -0.39 is 6.10 Å². The van der Waals surface area contributed by atoms with Crippen molar-refractivity contribution in [3.05, 3.63) is 28.2 Å². The van der Waals surface area contributed by atoms with Crippen molar-refractivity contribution in [3.8, 4) is 5.75 Å². The fourth-order valence-corrected chi connectivity index (χ4v) is 2.46. The predicted molar refractivity (Wildman–Crippen MR) is 78.2 cm³/mol. The van der Waals surface area contributed by atoms with Gasteiger partial charge < -0.3 is 15.2 Å². The molecule has 19 heavy (non-hydrogen) atoms. The van der Waals surface area contributed by atoms with E-state index >= 15 is 0 Å². The molecular formula is C14H19Cl2NO2. The van der Waals surface area contributed by atoms with E-state index in [0.717, 1.165) is 6.42 Å². The van der Waals surface area contributed by atoms with Crippen molar-refractivity contribution in [1.29, 1.82) is 0 Å². The van der Waals surface area contributed by atoms with Gasteiger partial charge in [-0.25, -0.2) is 0 Å². The summed E-state index contributed by atoms with van der Waals surface area (Å²) < 4.78 is 5.48. The van der Waals surface area contributed by atoms with Crippen molar-refractivity contribution in [2.45, 2.75) is 32.4 Å². The van der Waals surface area contributed by atoms with E-state index in [4.69, 9.17) is 27.9 Å². The number of benzene rings is 1. The molecule has 2 unspecified atom stereocenters. The Labute approximate surface area is 123 Å². The average Bonchev–Trinajstić information content (AvgIpc) is 2.94. The van der Waals surface area contributed by atoms with Gasteiger partial charge in [0, 0.05) is 12.6 Å². The van der Waals surface area contributed by atoms with Crippen molar-refractivity contribution in [1.82, 2.24) is 5.32 Å². The second kappa shape index (κ2) is 5.88. The van der Waals surface area contributed by atoms with E-state index in [9.17, 15) is 5.11 Å². The minimum Gasteiger partial charge on any atom is -0.488 e. The van der Waals surface area contributed by atoms with Gasteiger partial charge in [-0.2, -0.15) is 0 Å². The molecule has 1 saturated carbocycles.